The fraction of sp³-hybridized carbons (Fsp3) is 0.643. The summed E-state index contributed by atoms with van der Waals surface area (Å²) in [4.78, 5) is 11.4. The van der Waals surface area contributed by atoms with Crippen LogP contribution in [0.5, 0.6) is 0 Å². The van der Waals surface area contributed by atoms with Crippen molar-refractivity contribution < 1.29 is 9.90 Å². The summed E-state index contributed by atoms with van der Waals surface area (Å²) in [6, 6.07) is 0. The van der Waals surface area contributed by atoms with Crippen molar-refractivity contribution in [1.82, 2.24) is 0 Å². The van der Waals surface area contributed by atoms with E-state index in [2.05, 4.69) is 6.08 Å². The zero-order chi connectivity index (χ0) is 11.4. The number of rotatable bonds is 4. The van der Waals surface area contributed by atoms with Gasteiger partial charge in [-0.3, -0.25) is 4.79 Å². The first-order valence-corrected chi connectivity index (χ1v) is 6.39. The molecule has 0 aliphatic heterocycles. The molecule has 0 fully saturated rings. The molecule has 0 aromatic carbocycles. The third-order valence-electron chi connectivity index (χ3n) is 3.58. The van der Waals surface area contributed by atoms with E-state index in [4.69, 9.17) is 0 Å². The summed E-state index contributed by atoms with van der Waals surface area (Å²) < 4.78 is 0. The Morgan fingerprint density at radius 3 is 2.62 bits per heavy atom. The Kier molecular flexibility index (Phi) is 3.81. The van der Waals surface area contributed by atoms with Gasteiger partial charge in [0.15, 0.2) is 5.78 Å². The van der Waals surface area contributed by atoms with Gasteiger partial charge in [-0.1, -0.05) is 11.6 Å². The minimum absolute atomic E-state index is 0.162. The number of Topliss-reactive ketones (excluding diaryl/α,β-unsaturated/α-hetero) is 1. The molecule has 2 aliphatic rings. The molecule has 0 atom stereocenters. The van der Waals surface area contributed by atoms with Gasteiger partial charge in [0.25, 0.3) is 0 Å². The number of aliphatic hydroxyl groups excluding tert-OH is 1. The Labute approximate surface area is 97.0 Å². The Balaban J connectivity index is 1.77. The van der Waals surface area contributed by atoms with E-state index in [-0.39, 0.29) is 5.78 Å². The molecule has 0 aromatic heterocycles. The van der Waals surface area contributed by atoms with Crippen molar-refractivity contribution in [3.8, 4) is 0 Å². The average Bonchev–Trinajstić information content (AvgIpc) is 2.62. The van der Waals surface area contributed by atoms with Gasteiger partial charge in [-0.15, -0.1) is 0 Å². The lowest BCUT2D eigenvalue weighted by molar-refractivity contribution is -0.115. The zero-order valence-corrected chi connectivity index (χ0v) is 9.80. The summed E-state index contributed by atoms with van der Waals surface area (Å²) in [5, 5.41) is 9.54. The molecule has 0 unspecified atom stereocenters. The second-order valence-corrected chi connectivity index (χ2v) is 4.81. The maximum Gasteiger partial charge on any atom is 0.162 e. The standard InChI is InChI=1S/C14H20O2/c15-13-9-10-14(16)12(13)8-4-7-11-5-2-1-3-6-11/h5,15H,1-4,6-10H2. The van der Waals surface area contributed by atoms with Crippen LogP contribution in [0.2, 0.25) is 0 Å². The number of carbonyl (C=O) groups excluding carboxylic acids is 1. The van der Waals surface area contributed by atoms with Crippen LogP contribution in [0, 0.1) is 0 Å². The summed E-state index contributed by atoms with van der Waals surface area (Å²) >= 11 is 0. The van der Waals surface area contributed by atoms with E-state index in [9.17, 15) is 9.90 Å². The normalized spacial score (nSPS) is 21.5. The first kappa shape index (κ1) is 11.4. The van der Waals surface area contributed by atoms with E-state index in [1.54, 1.807) is 5.57 Å². The van der Waals surface area contributed by atoms with Crippen LogP contribution in [0.1, 0.15) is 57.8 Å². The fourth-order valence-electron chi connectivity index (χ4n) is 2.60. The predicted octanol–water partition coefficient (Wildman–Crippen LogP) is 3.83. The first-order valence-electron chi connectivity index (χ1n) is 6.39. The molecule has 16 heavy (non-hydrogen) atoms. The Bertz CT molecular complexity index is 337. The highest BCUT2D eigenvalue weighted by Gasteiger charge is 2.21. The van der Waals surface area contributed by atoms with Crippen LogP contribution in [0.15, 0.2) is 23.0 Å². The summed E-state index contributed by atoms with van der Waals surface area (Å²) in [5.41, 5.74) is 2.26. The largest absolute Gasteiger partial charge is 0.512 e. The molecule has 1 N–H and O–H groups in total. The van der Waals surface area contributed by atoms with Crippen LogP contribution in [0.3, 0.4) is 0 Å². The third-order valence-corrected chi connectivity index (χ3v) is 3.58. The summed E-state index contributed by atoms with van der Waals surface area (Å²) in [7, 11) is 0. The Hall–Kier alpha value is -1.05. The molecule has 2 aliphatic carbocycles. The topological polar surface area (TPSA) is 37.3 Å². The highest BCUT2D eigenvalue weighted by Crippen LogP contribution is 2.27. The van der Waals surface area contributed by atoms with Gasteiger partial charge < -0.3 is 5.11 Å². The molecule has 0 heterocycles. The summed E-state index contributed by atoms with van der Waals surface area (Å²) in [5.74, 6) is 0.512. The minimum Gasteiger partial charge on any atom is -0.512 e. The van der Waals surface area contributed by atoms with Crippen molar-refractivity contribution in [3.63, 3.8) is 0 Å². The van der Waals surface area contributed by atoms with E-state index in [0.717, 1.165) is 19.3 Å². The number of aliphatic hydroxyl groups is 1. The van der Waals surface area contributed by atoms with Gasteiger partial charge in [-0.25, -0.2) is 0 Å². The summed E-state index contributed by atoms with van der Waals surface area (Å²) in [6.07, 6.45) is 11.4. The molecule has 2 rings (SSSR count). The number of allylic oxidation sites excluding steroid dienone is 4. The van der Waals surface area contributed by atoms with Crippen molar-refractivity contribution in [2.45, 2.75) is 57.8 Å². The highest BCUT2D eigenvalue weighted by atomic mass is 16.3. The van der Waals surface area contributed by atoms with E-state index < -0.39 is 0 Å². The van der Waals surface area contributed by atoms with Crippen LogP contribution in [-0.4, -0.2) is 10.9 Å². The minimum atomic E-state index is 0.162. The van der Waals surface area contributed by atoms with Gasteiger partial charge >= 0.3 is 0 Å². The van der Waals surface area contributed by atoms with E-state index in [1.165, 1.54) is 25.7 Å². The molecular weight excluding hydrogens is 200 g/mol. The lowest BCUT2D eigenvalue weighted by Gasteiger charge is -2.12. The second-order valence-electron chi connectivity index (χ2n) is 4.81. The van der Waals surface area contributed by atoms with Gasteiger partial charge in [0.2, 0.25) is 0 Å². The number of ketones is 1. The summed E-state index contributed by atoms with van der Waals surface area (Å²) in [6.45, 7) is 0. The van der Waals surface area contributed by atoms with Gasteiger partial charge in [0, 0.05) is 18.4 Å². The first-order chi connectivity index (χ1) is 7.77. The van der Waals surface area contributed by atoms with Crippen LogP contribution >= 0.6 is 0 Å². The van der Waals surface area contributed by atoms with Crippen LogP contribution in [0.25, 0.3) is 0 Å². The van der Waals surface area contributed by atoms with Crippen molar-refractivity contribution in [3.05, 3.63) is 23.0 Å². The van der Waals surface area contributed by atoms with Crippen molar-refractivity contribution >= 4 is 5.78 Å². The molecule has 88 valence electrons. The van der Waals surface area contributed by atoms with E-state index in [1.807, 2.05) is 0 Å². The lowest BCUT2D eigenvalue weighted by atomic mass is 9.94. The van der Waals surface area contributed by atoms with Crippen molar-refractivity contribution in [2.24, 2.45) is 0 Å². The maximum atomic E-state index is 11.4. The van der Waals surface area contributed by atoms with E-state index >= 15 is 0 Å². The Morgan fingerprint density at radius 1 is 1.12 bits per heavy atom. The highest BCUT2D eigenvalue weighted by molar-refractivity contribution is 5.98. The third kappa shape index (κ3) is 2.75. The predicted molar refractivity (Wildman–Crippen MR) is 64.3 cm³/mol. The molecule has 2 nitrogen and oxygen atoms in total. The lowest BCUT2D eigenvalue weighted by Crippen LogP contribution is -1.98. The zero-order valence-electron chi connectivity index (χ0n) is 9.80. The molecular formula is C14H20O2. The molecule has 0 spiro atoms. The van der Waals surface area contributed by atoms with E-state index in [0.29, 0.717) is 24.2 Å². The second kappa shape index (κ2) is 5.33. The molecule has 0 saturated carbocycles. The number of carbonyl (C=O) groups is 1. The molecule has 0 saturated heterocycles. The molecule has 0 amide bonds. The van der Waals surface area contributed by atoms with Crippen LogP contribution < -0.4 is 0 Å². The van der Waals surface area contributed by atoms with Crippen molar-refractivity contribution in [2.75, 3.05) is 0 Å². The fourth-order valence-corrected chi connectivity index (χ4v) is 2.60. The Morgan fingerprint density at radius 2 is 2.00 bits per heavy atom. The molecule has 0 bridgehead atoms. The smallest absolute Gasteiger partial charge is 0.162 e. The quantitative estimate of drug-likeness (QED) is 0.731. The van der Waals surface area contributed by atoms with Crippen LogP contribution in [-0.2, 0) is 4.79 Å². The maximum absolute atomic E-state index is 11.4. The number of hydrogen-bond acceptors (Lipinski definition) is 2. The SMILES string of the molecule is O=C1CCC(O)=C1CCCC1=CCCCC1. The average molecular weight is 220 g/mol. The molecule has 0 radical (unpaired) electrons. The molecule has 0 aromatic rings. The van der Waals surface area contributed by atoms with Gasteiger partial charge in [0.05, 0.1) is 5.76 Å². The van der Waals surface area contributed by atoms with Crippen molar-refractivity contribution in [1.29, 1.82) is 0 Å². The monoisotopic (exact) mass is 220 g/mol. The van der Waals surface area contributed by atoms with Crippen LogP contribution in [0.4, 0.5) is 0 Å². The van der Waals surface area contributed by atoms with Gasteiger partial charge in [-0.05, 0) is 44.9 Å². The van der Waals surface area contributed by atoms with Gasteiger partial charge in [-0.2, -0.15) is 0 Å². The molecule has 2 heteroatoms. The van der Waals surface area contributed by atoms with Gasteiger partial charge in [0.1, 0.15) is 0 Å². The number of hydrogen-bond donors (Lipinski definition) is 1.